The van der Waals surface area contributed by atoms with Crippen molar-refractivity contribution >= 4 is 23.7 Å². The minimum atomic E-state index is -0.589. The van der Waals surface area contributed by atoms with E-state index in [1.54, 1.807) is 18.3 Å². The molecule has 0 atom stereocenters. The fourth-order valence-corrected chi connectivity index (χ4v) is 1.98. The highest BCUT2D eigenvalue weighted by atomic mass is 35.5. The predicted molar refractivity (Wildman–Crippen MR) is 84.6 cm³/mol. The van der Waals surface area contributed by atoms with E-state index < -0.39 is 5.91 Å². The van der Waals surface area contributed by atoms with Crippen LogP contribution in [0.3, 0.4) is 0 Å². The van der Waals surface area contributed by atoms with Gasteiger partial charge in [0.2, 0.25) is 0 Å². The first-order chi connectivity index (χ1) is 10.5. The van der Waals surface area contributed by atoms with Crippen molar-refractivity contribution in [3.63, 3.8) is 0 Å². The lowest BCUT2D eigenvalue weighted by atomic mass is 10.2. The number of rotatable bonds is 4. The summed E-state index contributed by atoms with van der Waals surface area (Å²) in [5.74, 6) is -0.624. The number of carbonyl (C=O) groups excluding carboxylic acids is 1. The standard InChI is InChI=1S/C15H14ClN3O3/c1-2-19-7-3-4-11(15(19)22)14(21)18-17-9-10-5-6-13(20)12(16)8-10/h3-9,20H,2H2,1H3,(H,18,21)/b17-9-. The molecule has 0 spiro atoms. The molecule has 0 aliphatic heterocycles. The number of aromatic nitrogens is 1. The van der Waals surface area contributed by atoms with E-state index in [0.717, 1.165) is 0 Å². The number of phenolic OH excluding ortho intramolecular Hbond substituents is 1. The Morgan fingerprint density at radius 1 is 1.45 bits per heavy atom. The van der Waals surface area contributed by atoms with Crippen LogP contribution < -0.4 is 11.0 Å². The van der Waals surface area contributed by atoms with Gasteiger partial charge in [-0.05, 0) is 42.8 Å². The summed E-state index contributed by atoms with van der Waals surface area (Å²) < 4.78 is 1.43. The molecule has 0 aliphatic rings. The van der Waals surface area contributed by atoms with Gasteiger partial charge < -0.3 is 9.67 Å². The number of benzene rings is 1. The van der Waals surface area contributed by atoms with Crippen LogP contribution in [-0.4, -0.2) is 21.8 Å². The summed E-state index contributed by atoms with van der Waals surface area (Å²) in [7, 11) is 0. The minimum absolute atomic E-state index is 0.0187. The maximum atomic E-state index is 12.0. The van der Waals surface area contributed by atoms with Gasteiger partial charge in [0, 0.05) is 12.7 Å². The van der Waals surface area contributed by atoms with E-state index in [2.05, 4.69) is 10.5 Å². The van der Waals surface area contributed by atoms with Crippen LogP contribution in [0.4, 0.5) is 0 Å². The van der Waals surface area contributed by atoms with Crippen LogP contribution in [0.1, 0.15) is 22.8 Å². The summed E-state index contributed by atoms with van der Waals surface area (Å²) in [6.45, 7) is 2.30. The van der Waals surface area contributed by atoms with Crippen molar-refractivity contribution in [1.29, 1.82) is 0 Å². The molecule has 0 unspecified atom stereocenters. The number of hydrazone groups is 1. The van der Waals surface area contributed by atoms with E-state index in [1.807, 2.05) is 6.92 Å². The zero-order chi connectivity index (χ0) is 16.1. The number of pyridine rings is 1. The molecule has 1 aromatic carbocycles. The Labute approximate surface area is 131 Å². The number of nitrogens with zero attached hydrogens (tertiary/aromatic N) is 2. The third-order valence-corrected chi connectivity index (χ3v) is 3.26. The highest BCUT2D eigenvalue weighted by molar-refractivity contribution is 6.32. The molecule has 0 fully saturated rings. The van der Waals surface area contributed by atoms with E-state index in [0.29, 0.717) is 12.1 Å². The third-order valence-electron chi connectivity index (χ3n) is 2.96. The number of aryl methyl sites for hydroxylation is 1. The van der Waals surface area contributed by atoms with Gasteiger partial charge in [-0.1, -0.05) is 11.6 Å². The number of aromatic hydroxyl groups is 1. The van der Waals surface area contributed by atoms with Crippen LogP contribution in [0, 0.1) is 0 Å². The first-order valence-electron chi connectivity index (χ1n) is 6.54. The van der Waals surface area contributed by atoms with Crippen LogP contribution in [0.25, 0.3) is 0 Å². The number of halogens is 1. The Morgan fingerprint density at radius 3 is 2.91 bits per heavy atom. The van der Waals surface area contributed by atoms with Crippen molar-refractivity contribution < 1.29 is 9.90 Å². The van der Waals surface area contributed by atoms with Gasteiger partial charge >= 0.3 is 0 Å². The number of nitrogens with one attached hydrogen (secondary N) is 1. The second kappa shape index (κ2) is 6.91. The molecule has 0 bridgehead atoms. The van der Waals surface area contributed by atoms with Gasteiger partial charge in [0.15, 0.2) is 0 Å². The molecule has 0 saturated carbocycles. The summed E-state index contributed by atoms with van der Waals surface area (Å²) in [5.41, 5.74) is 2.53. The van der Waals surface area contributed by atoms with Gasteiger partial charge in [0.1, 0.15) is 11.3 Å². The zero-order valence-corrected chi connectivity index (χ0v) is 12.5. The molecule has 0 aliphatic carbocycles. The Hall–Kier alpha value is -2.60. The summed E-state index contributed by atoms with van der Waals surface area (Å²) in [4.78, 5) is 23.9. The molecule has 114 valence electrons. The van der Waals surface area contributed by atoms with Gasteiger partial charge in [-0.2, -0.15) is 5.10 Å². The molecule has 2 aromatic rings. The second-order valence-corrected chi connectivity index (χ2v) is 4.83. The van der Waals surface area contributed by atoms with Crippen LogP contribution in [0.5, 0.6) is 5.75 Å². The summed E-state index contributed by atoms with van der Waals surface area (Å²) in [6, 6.07) is 7.57. The molecule has 6 nitrogen and oxygen atoms in total. The number of hydrogen-bond acceptors (Lipinski definition) is 4. The molecule has 7 heteroatoms. The Balaban J connectivity index is 2.11. The van der Waals surface area contributed by atoms with Gasteiger partial charge in [-0.25, -0.2) is 5.43 Å². The van der Waals surface area contributed by atoms with E-state index in [-0.39, 0.29) is 21.9 Å². The third kappa shape index (κ3) is 3.53. The normalized spacial score (nSPS) is 10.8. The summed E-state index contributed by atoms with van der Waals surface area (Å²) >= 11 is 5.76. The van der Waals surface area contributed by atoms with E-state index in [9.17, 15) is 14.7 Å². The number of phenols is 1. The maximum absolute atomic E-state index is 12.0. The predicted octanol–water partition coefficient (Wildman–Crippen LogP) is 1.99. The molecule has 0 radical (unpaired) electrons. The van der Waals surface area contributed by atoms with Crippen molar-refractivity contribution in [2.45, 2.75) is 13.5 Å². The van der Waals surface area contributed by atoms with E-state index in [1.165, 1.54) is 29.0 Å². The minimum Gasteiger partial charge on any atom is -0.506 e. The molecule has 0 saturated heterocycles. The molecule has 1 amide bonds. The van der Waals surface area contributed by atoms with Gasteiger partial charge in [-0.3, -0.25) is 9.59 Å². The zero-order valence-electron chi connectivity index (χ0n) is 11.8. The topological polar surface area (TPSA) is 83.7 Å². The highest BCUT2D eigenvalue weighted by Crippen LogP contribution is 2.22. The maximum Gasteiger partial charge on any atom is 0.276 e. The lowest BCUT2D eigenvalue weighted by molar-refractivity contribution is 0.0953. The largest absolute Gasteiger partial charge is 0.506 e. The van der Waals surface area contributed by atoms with Crippen molar-refractivity contribution in [2.24, 2.45) is 5.10 Å². The molecule has 1 heterocycles. The van der Waals surface area contributed by atoms with Crippen LogP contribution in [0.2, 0.25) is 5.02 Å². The van der Waals surface area contributed by atoms with Gasteiger partial charge in [0.25, 0.3) is 11.5 Å². The Kier molecular flexibility index (Phi) is 4.95. The number of hydrogen-bond donors (Lipinski definition) is 2. The summed E-state index contributed by atoms with van der Waals surface area (Å²) in [5, 5.41) is 13.3. The van der Waals surface area contributed by atoms with Crippen LogP contribution in [0.15, 0.2) is 46.4 Å². The van der Waals surface area contributed by atoms with E-state index >= 15 is 0 Å². The fraction of sp³-hybridized carbons (Fsp3) is 0.133. The lowest BCUT2D eigenvalue weighted by Gasteiger charge is -2.04. The quantitative estimate of drug-likeness (QED) is 0.667. The molecular formula is C15H14ClN3O3. The molecule has 2 N–H and O–H groups in total. The van der Waals surface area contributed by atoms with Crippen LogP contribution in [-0.2, 0) is 6.54 Å². The smallest absolute Gasteiger partial charge is 0.276 e. The average molecular weight is 320 g/mol. The SMILES string of the molecule is CCn1cccc(C(=O)N/N=C\c2ccc(O)c(Cl)c2)c1=O. The monoisotopic (exact) mass is 319 g/mol. The Bertz CT molecular complexity index is 784. The van der Waals surface area contributed by atoms with E-state index in [4.69, 9.17) is 11.6 Å². The Morgan fingerprint density at radius 2 is 2.23 bits per heavy atom. The van der Waals surface area contributed by atoms with Crippen molar-refractivity contribution in [3.05, 3.63) is 63.0 Å². The first-order valence-corrected chi connectivity index (χ1v) is 6.92. The number of carbonyl (C=O) groups is 1. The lowest BCUT2D eigenvalue weighted by Crippen LogP contribution is -2.30. The molecule has 1 aromatic heterocycles. The highest BCUT2D eigenvalue weighted by Gasteiger charge is 2.10. The van der Waals surface area contributed by atoms with Crippen molar-refractivity contribution in [2.75, 3.05) is 0 Å². The van der Waals surface area contributed by atoms with Crippen LogP contribution >= 0.6 is 11.6 Å². The van der Waals surface area contributed by atoms with Crippen molar-refractivity contribution in [3.8, 4) is 5.75 Å². The second-order valence-electron chi connectivity index (χ2n) is 4.42. The van der Waals surface area contributed by atoms with Gasteiger partial charge in [0.05, 0.1) is 11.2 Å². The first kappa shape index (κ1) is 15.8. The molecular weight excluding hydrogens is 306 g/mol. The summed E-state index contributed by atoms with van der Waals surface area (Å²) in [6.07, 6.45) is 2.98. The van der Waals surface area contributed by atoms with Crippen molar-refractivity contribution in [1.82, 2.24) is 9.99 Å². The molecule has 22 heavy (non-hydrogen) atoms. The van der Waals surface area contributed by atoms with Gasteiger partial charge in [-0.15, -0.1) is 0 Å². The molecule has 2 rings (SSSR count). The number of amides is 1. The average Bonchev–Trinajstić information content (AvgIpc) is 2.51. The fourth-order valence-electron chi connectivity index (χ4n) is 1.79.